The standard InChI is InChI=1S/C12H19NOS/c1-13-12(7-8-14)10-15-9-11-5-3-2-4-6-11/h2-6,12-14H,7-10H2,1H3. The van der Waals surface area contributed by atoms with Gasteiger partial charge in [-0.2, -0.15) is 11.8 Å². The molecule has 1 unspecified atom stereocenters. The van der Waals surface area contributed by atoms with Gasteiger partial charge >= 0.3 is 0 Å². The van der Waals surface area contributed by atoms with Gasteiger partial charge in [0, 0.05) is 24.2 Å². The second-order valence-corrected chi connectivity index (χ2v) is 4.53. The van der Waals surface area contributed by atoms with Crippen molar-refractivity contribution in [2.75, 3.05) is 19.4 Å². The Hall–Kier alpha value is -0.510. The van der Waals surface area contributed by atoms with E-state index in [2.05, 4.69) is 29.6 Å². The lowest BCUT2D eigenvalue weighted by atomic mass is 10.2. The maximum absolute atomic E-state index is 8.83. The highest BCUT2D eigenvalue weighted by Crippen LogP contribution is 2.13. The van der Waals surface area contributed by atoms with Crippen molar-refractivity contribution >= 4 is 11.8 Å². The lowest BCUT2D eigenvalue weighted by Gasteiger charge is -2.13. The molecule has 0 saturated heterocycles. The molecule has 0 spiro atoms. The molecule has 0 aromatic heterocycles. The van der Waals surface area contributed by atoms with Crippen LogP contribution in [-0.4, -0.2) is 30.6 Å². The van der Waals surface area contributed by atoms with Gasteiger partial charge in [0.1, 0.15) is 0 Å². The fourth-order valence-corrected chi connectivity index (χ4v) is 2.52. The van der Waals surface area contributed by atoms with Crippen LogP contribution < -0.4 is 5.32 Å². The molecule has 0 aliphatic heterocycles. The normalized spacial score (nSPS) is 12.7. The van der Waals surface area contributed by atoms with Crippen LogP contribution in [0.2, 0.25) is 0 Å². The van der Waals surface area contributed by atoms with Crippen LogP contribution in [0.3, 0.4) is 0 Å². The molecular weight excluding hydrogens is 206 g/mol. The summed E-state index contributed by atoms with van der Waals surface area (Å²) in [6.07, 6.45) is 0.832. The van der Waals surface area contributed by atoms with Gasteiger partial charge in [0.25, 0.3) is 0 Å². The fraction of sp³-hybridized carbons (Fsp3) is 0.500. The summed E-state index contributed by atoms with van der Waals surface area (Å²) in [7, 11) is 1.95. The summed E-state index contributed by atoms with van der Waals surface area (Å²) in [5, 5.41) is 12.0. The first-order chi connectivity index (χ1) is 7.36. The van der Waals surface area contributed by atoms with Crippen molar-refractivity contribution in [3.05, 3.63) is 35.9 Å². The molecule has 84 valence electrons. The highest BCUT2D eigenvalue weighted by Gasteiger charge is 2.04. The van der Waals surface area contributed by atoms with E-state index in [1.54, 1.807) is 0 Å². The average Bonchev–Trinajstić information content (AvgIpc) is 2.29. The van der Waals surface area contributed by atoms with E-state index in [9.17, 15) is 0 Å². The smallest absolute Gasteiger partial charge is 0.0446 e. The summed E-state index contributed by atoms with van der Waals surface area (Å²) < 4.78 is 0. The van der Waals surface area contributed by atoms with Crippen LogP contribution in [0.1, 0.15) is 12.0 Å². The Morgan fingerprint density at radius 3 is 2.67 bits per heavy atom. The molecule has 0 amide bonds. The van der Waals surface area contributed by atoms with Crippen LogP contribution in [-0.2, 0) is 5.75 Å². The molecule has 1 aromatic carbocycles. The van der Waals surface area contributed by atoms with Crippen molar-refractivity contribution < 1.29 is 5.11 Å². The second kappa shape index (κ2) is 7.74. The fourth-order valence-electron chi connectivity index (χ4n) is 1.36. The first-order valence-electron chi connectivity index (χ1n) is 5.26. The van der Waals surface area contributed by atoms with Crippen LogP contribution in [0.15, 0.2) is 30.3 Å². The number of aliphatic hydroxyl groups is 1. The Balaban J connectivity index is 2.20. The van der Waals surface area contributed by atoms with Crippen molar-refractivity contribution in [1.82, 2.24) is 5.32 Å². The summed E-state index contributed by atoms with van der Waals surface area (Å²) in [6.45, 7) is 0.261. The molecule has 0 saturated carbocycles. The maximum atomic E-state index is 8.83. The molecule has 15 heavy (non-hydrogen) atoms. The third-order valence-corrected chi connectivity index (χ3v) is 3.49. The van der Waals surface area contributed by atoms with E-state index in [1.807, 2.05) is 24.9 Å². The van der Waals surface area contributed by atoms with E-state index in [4.69, 9.17) is 5.11 Å². The topological polar surface area (TPSA) is 32.3 Å². The van der Waals surface area contributed by atoms with E-state index in [1.165, 1.54) is 5.56 Å². The van der Waals surface area contributed by atoms with Gasteiger partial charge < -0.3 is 10.4 Å². The highest BCUT2D eigenvalue weighted by molar-refractivity contribution is 7.98. The first kappa shape index (κ1) is 12.6. The minimum Gasteiger partial charge on any atom is -0.396 e. The molecule has 1 rings (SSSR count). The van der Waals surface area contributed by atoms with Gasteiger partial charge in [-0.05, 0) is 19.0 Å². The minimum absolute atomic E-state index is 0.261. The van der Waals surface area contributed by atoms with Crippen LogP contribution in [0.25, 0.3) is 0 Å². The van der Waals surface area contributed by atoms with Crippen LogP contribution in [0, 0.1) is 0 Å². The Kier molecular flexibility index (Phi) is 6.48. The SMILES string of the molecule is CNC(CCO)CSCc1ccccc1. The summed E-state index contributed by atoms with van der Waals surface area (Å²) in [4.78, 5) is 0. The van der Waals surface area contributed by atoms with E-state index in [0.29, 0.717) is 6.04 Å². The Labute approximate surface area is 96.1 Å². The first-order valence-corrected chi connectivity index (χ1v) is 6.42. The number of aliphatic hydroxyl groups excluding tert-OH is 1. The molecule has 0 aliphatic carbocycles. The molecule has 3 heteroatoms. The summed E-state index contributed by atoms with van der Waals surface area (Å²) in [5.41, 5.74) is 1.36. The van der Waals surface area contributed by atoms with Gasteiger partial charge in [-0.25, -0.2) is 0 Å². The molecule has 0 bridgehead atoms. The monoisotopic (exact) mass is 225 g/mol. The van der Waals surface area contributed by atoms with E-state index in [-0.39, 0.29) is 6.61 Å². The van der Waals surface area contributed by atoms with Crippen molar-refractivity contribution in [2.24, 2.45) is 0 Å². The van der Waals surface area contributed by atoms with E-state index >= 15 is 0 Å². The van der Waals surface area contributed by atoms with Crippen molar-refractivity contribution in [3.63, 3.8) is 0 Å². The Morgan fingerprint density at radius 2 is 2.07 bits per heavy atom. The Morgan fingerprint density at radius 1 is 1.33 bits per heavy atom. The molecule has 2 nitrogen and oxygen atoms in total. The van der Waals surface area contributed by atoms with Gasteiger partial charge in [0.05, 0.1) is 0 Å². The molecule has 0 aliphatic rings. The number of nitrogens with one attached hydrogen (secondary N) is 1. The summed E-state index contributed by atoms with van der Waals surface area (Å²) >= 11 is 1.91. The molecule has 1 atom stereocenters. The van der Waals surface area contributed by atoms with Gasteiger partial charge in [-0.3, -0.25) is 0 Å². The molecule has 0 heterocycles. The van der Waals surface area contributed by atoms with Crippen molar-refractivity contribution in [1.29, 1.82) is 0 Å². The highest BCUT2D eigenvalue weighted by atomic mass is 32.2. The predicted octanol–water partition coefficient (Wildman–Crippen LogP) is 1.89. The molecule has 1 aromatic rings. The van der Waals surface area contributed by atoms with Gasteiger partial charge in [0.15, 0.2) is 0 Å². The number of rotatable bonds is 7. The Bertz CT molecular complexity index is 253. The largest absolute Gasteiger partial charge is 0.396 e. The molecule has 0 radical (unpaired) electrons. The second-order valence-electron chi connectivity index (χ2n) is 3.50. The number of hydrogen-bond donors (Lipinski definition) is 2. The van der Waals surface area contributed by atoms with Gasteiger partial charge in [-0.15, -0.1) is 0 Å². The predicted molar refractivity (Wildman–Crippen MR) is 67.2 cm³/mol. The van der Waals surface area contributed by atoms with Crippen LogP contribution in [0.5, 0.6) is 0 Å². The number of benzene rings is 1. The zero-order valence-electron chi connectivity index (χ0n) is 9.15. The maximum Gasteiger partial charge on any atom is 0.0446 e. The zero-order chi connectivity index (χ0) is 10.9. The quantitative estimate of drug-likeness (QED) is 0.743. The minimum atomic E-state index is 0.261. The van der Waals surface area contributed by atoms with Crippen LogP contribution >= 0.6 is 11.8 Å². The van der Waals surface area contributed by atoms with E-state index < -0.39 is 0 Å². The van der Waals surface area contributed by atoms with Gasteiger partial charge in [-0.1, -0.05) is 30.3 Å². The molecule has 0 fully saturated rings. The number of thioether (sulfide) groups is 1. The van der Waals surface area contributed by atoms with Crippen molar-refractivity contribution in [3.8, 4) is 0 Å². The van der Waals surface area contributed by atoms with Crippen LogP contribution in [0.4, 0.5) is 0 Å². The number of hydrogen-bond acceptors (Lipinski definition) is 3. The third-order valence-electron chi connectivity index (χ3n) is 2.32. The lowest BCUT2D eigenvalue weighted by molar-refractivity contribution is 0.273. The molecular formula is C12H19NOS. The summed E-state index contributed by atoms with van der Waals surface area (Å²) in [6, 6.07) is 10.9. The molecule has 2 N–H and O–H groups in total. The average molecular weight is 225 g/mol. The zero-order valence-corrected chi connectivity index (χ0v) is 9.96. The summed E-state index contributed by atoms with van der Waals surface area (Å²) in [5.74, 6) is 2.09. The third kappa shape index (κ3) is 5.21. The lowest BCUT2D eigenvalue weighted by Crippen LogP contribution is -2.28. The van der Waals surface area contributed by atoms with E-state index in [0.717, 1.165) is 17.9 Å². The van der Waals surface area contributed by atoms with Gasteiger partial charge in [0.2, 0.25) is 0 Å². The van der Waals surface area contributed by atoms with Crippen molar-refractivity contribution in [2.45, 2.75) is 18.2 Å².